The van der Waals surface area contributed by atoms with Crippen LogP contribution in [-0.2, 0) is 11.2 Å². The largest absolute Gasteiger partial charge is 0.494 e. The van der Waals surface area contributed by atoms with Gasteiger partial charge in [0.25, 0.3) is 5.56 Å². The van der Waals surface area contributed by atoms with Gasteiger partial charge in [0.05, 0.1) is 30.6 Å². The zero-order chi connectivity index (χ0) is 24.4. The molecule has 0 saturated carbocycles. The smallest absolute Gasteiger partial charge is 0.263 e. The van der Waals surface area contributed by atoms with Gasteiger partial charge in [0.2, 0.25) is 11.9 Å². The fourth-order valence-corrected chi connectivity index (χ4v) is 3.76. The molecule has 35 heavy (non-hydrogen) atoms. The second kappa shape index (κ2) is 9.26. The van der Waals surface area contributed by atoms with Crippen molar-refractivity contribution in [2.24, 2.45) is 0 Å². The maximum absolute atomic E-state index is 12.8. The topological polar surface area (TPSA) is 120 Å². The van der Waals surface area contributed by atoms with E-state index in [2.05, 4.69) is 25.5 Å². The average Bonchev–Trinajstić information content (AvgIpc) is 3.44. The fourth-order valence-electron chi connectivity index (χ4n) is 3.76. The van der Waals surface area contributed by atoms with Crippen LogP contribution in [0.15, 0.2) is 71.7 Å². The van der Waals surface area contributed by atoms with Crippen LogP contribution in [0.3, 0.4) is 0 Å². The highest BCUT2D eigenvalue weighted by Crippen LogP contribution is 2.19. The lowest BCUT2D eigenvalue weighted by molar-refractivity contribution is -0.115. The minimum absolute atomic E-state index is 0.167. The first-order chi connectivity index (χ1) is 17.0. The molecule has 0 unspecified atom stereocenters. The SMILES string of the molecule is CCOc1ccc(CC(=O)Nc2cc(C)nn2-c2nc3c(cnn3-c3ccccc3)c(=O)[nH]2)cc1. The molecule has 2 N–H and O–H groups in total. The number of aryl methyl sites for hydroxylation is 1. The number of ether oxygens (including phenoxy) is 1. The molecule has 0 bridgehead atoms. The van der Waals surface area contributed by atoms with Gasteiger partial charge in [-0.1, -0.05) is 30.3 Å². The number of nitrogens with zero attached hydrogens (tertiary/aromatic N) is 5. The van der Waals surface area contributed by atoms with Crippen molar-refractivity contribution in [3.63, 3.8) is 0 Å². The van der Waals surface area contributed by atoms with E-state index in [9.17, 15) is 9.59 Å². The highest BCUT2D eigenvalue weighted by atomic mass is 16.5. The van der Waals surface area contributed by atoms with Gasteiger partial charge in [-0.2, -0.15) is 19.9 Å². The van der Waals surface area contributed by atoms with E-state index in [0.717, 1.165) is 17.0 Å². The van der Waals surface area contributed by atoms with Gasteiger partial charge in [0.1, 0.15) is 17.0 Å². The number of H-pyrrole nitrogens is 1. The molecule has 5 aromatic rings. The van der Waals surface area contributed by atoms with Gasteiger partial charge in [-0.3, -0.25) is 14.6 Å². The molecule has 0 fully saturated rings. The predicted molar refractivity (Wildman–Crippen MR) is 131 cm³/mol. The number of hydrogen-bond donors (Lipinski definition) is 2. The quantitative estimate of drug-likeness (QED) is 0.378. The number of anilines is 1. The first-order valence-corrected chi connectivity index (χ1v) is 11.1. The Hall–Kier alpha value is -4.73. The Bertz CT molecular complexity index is 1550. The molecule has 0 saturated heterocycles. The van der Waals surface area contributed by atoms with Gasteiger partial charge < -0.3 is 10.1 Å². The Morgan fingerprint density at radius 1 is 1.09 bits per heavy atom. The average molecular weight is 470 g/mol. The van der Waals surface area contributed by atoms with E-state index in [1.807, 2.05) is 61.5 Å². The number of nitrogens with one attached hydrogen (secondary N) is 2. The Balaban J connectivity index is 1.45. The highest BCUT2D eigenvalue weighted by Gasteiger charge is 2.17. The van der Waals surface area contributed by atoms with Crippen molar-refractivity contribution in [1.82, 2.24) is 29.5 Å². The number of amides is 1. The molecule has 0 spiro atoms. The summed E-state index contributed by atoms with van der Waals surface area (Å²) in [5, 5.41) is 12.0. The van der Waals surface area contributed by atoms with Crippen molar-refractivity contribution in [3.8, 4) is 17.4 Å². The third-order valence-electron chi connectivity index (χ3n) is 5.33. The molecule has 0 radical (unpaired) electrons. The van der Waals surface area contributed by atoms with Crippen LogP contribution in [-0.4, -0.2) is 42.0 Å². The minimum atomic E-state index is -0.355. The van der Waals surface area contributed by atoms with Crippen molar-refractivity contribution < 1.29 is 9.53 Å². The number of fused-ring (bicyclic) bond motifs is 1. The molecule has 0 aliphatic carbocycles. The molecule has 1 amide bonds. The Morgan fingerprint density at radius 2 is 1.86 bits per heavy atom. The van der Waals surface area contributed by atoms with Crippen LogP contribution < -0.4 is 15.6 Å². The van der Waals surface area contributed by atoms with E-state index in [0.29, 0.717) is 29.2 Å². The number of benzene rings is 2. The Labute approximate surface area is 200 Å². The monoisotopic (exact) mass is 469 g/mol. The normalized spacial score (nSPS) is 11.0. The van der Waals surface area contributed by atoms with E-state index in [-0.39, 0.29) is 23.8 Å². The predicted octanol–water partition coefficient (Wildman–Crippen LogP) is 3.18. The summed E-state index contributed by atoms with van der Waals surface area (Å²) >= 11 is 0. The van der Waals surface area contributed by atoms with E-state index >= 15 is 0 Å². The fraction of sp³-hybridized carbons (Fsp3) is 0.160. The van der Waals surface area contributed by atoms with Crippen LogP contribution in [0.25, 0.3) is 22.7 Å². The summed E-state index contributed by atoms with van der Waals surface area (Å²) in [5.41, 5.74) is 2.29. The Morgan fingerprint density at radius 3 is 2.60 bits per heavy atom. The summed E-state index contributed by atoms with van der Waals surface area (Å²) in [4.78, 5) is 32.9. The van der Waals surface area contributed by atoms with Gasteiger partial charge in [0, 0.05) is 6.07 Å². The van der Waals surface area contributed by atoms with E-state index in [1.165, 1.54) is 10.9 Å². The second-order valence-corrected chi connectivity index (χ2v) is 7.90. The van der Waals surface area contributed by atoms with Gasteiger partial charge in [-0.05, 0) is 43.7 Å². The van der Waals surface area contributed by atoms with Crippen LogP contribution in [0.5, 0.6) is 5.75 Å². The molecule has 2 aromatic carbocycles. The summed E-state index contributed by atoms with van der Waals surface area (Å²) in [7, 11) is 0. The van der Waals surface area contributed by atoms with Crippen LogP contribution in [0.2, 0.25) is 0 Å². The zero-order valence-electron chi connectivity index (χ0n) is 19.2. The van der Waals surface area contributed by atoms with Crippen LogP contribution in [0, 0.1) is 6.92 Å². The maximum atomic E-state index is 12.8. The lowest BCUT2D eigenvalue weighted by atomic mass is 10.1. The second-order valence-electron chi connectivity index (χ2n) is 7.90. The molecule has 5 rings (SSSR count). The van der Waals surface area contributed by atoms with E-state index in [1.54, 1.807) is 17.7 Å². The zero-order valence-corrected chi connectivity index (χ0v) is 19.2. The van der Waals surface area contributed by atoms with Crippen molar-refractivity contribution in [1.29, 1.82) is 0 Å². The molecular weight excluding hydrogens is 446 g/mol. The van der Waals surface area contributed by atoms with Crippen LogP contribution >= 0.6 is 0 Å². The number of carbonyl (C=O) groups is 1. The number of rotatable bonds is 7. The first kappa shape index (κ1) is 22.1. The van der Waals surface area contributed by atoms with Gasteiger partial charge in [0.15, 0.2) is 5.65 Å². The summed E-state index contributed by atoms with van der Waals surface area (Å²) < 4.78 is 8.45. The number of aromatic nitrogens is 6. The summed E-state index contributed by atoms with van der Waals surface area (Å²) in [6.07, 6.45) is 1.65. The maximum Gasteiger partial charge on any atom is 0.263 e. The standard InChI is InChI=1S/C25H23N7O3/c1-3-35-19-11-9-17(10-12-19)14-22(33)27-21-13-16(2)30-32(21)25-28-23-20(24(34)29-25)15-26-31(23)18-7-5-4-6-8-18/h4-13,15H,3,14H2,1-2H3,(H,27,33)(H,28,29,34). The summed E-state index contributed by atoms with van der Waals surface area (Å²) in [5.74, 6) is 1.09. The van der Waals surface area contributed by atoms with Crippen molar-refractivity contribution in [2.45, 2.75) is 20.3 Å². The van der Waals surface area contributed by atoms with Crippen molar-refractivity contribution in [3.05, 3.63) is 88.5 Å². The summed E-state index contributed by atoms with van der Waals surface area (Å²) in [6.45, 7) is 4.29. The van der Waals surface area contributed by atoms with Gasteiger partial charge in [-0.25, -0.2) is 4.68 Å². The molecule has 10 heteroatoms. The van der Waals surface area contributed by atoms with Crippen molar-refractivity contribution in [2.75, 3.05) is 11.9 Å². The molecule has 3 heterocycles. The lowest BCUT2D eigenvalue weighted by Crippen LogP contribution is -2.20. The first-order valence-electron chi connectivity index (χ1n) is 11.1. The summed E-state index contributed by atoms with van der Waals surface area (Å²) in [6, 6.07) is 18.5. The van der Waals surface area contributed by atoms with Crippen molar-refractivity contribution >= 4 is 22.8 Å². The highest BCUT2D eigenvalue weighted by molar-refractivity contribution is 5.91. The third-order valence-corrected chi connectivity index (χ3v) is 5.33. The molecule has 0 aliphatic heterocycles. The van der Waals surface area contributed by atoms with Crippen LogP contribution in [0.4, 0.5) is 5.82 Å². The molecule has 0 aliphatic rings. The molecule has 0 atom stereocenters. The van der Waals surface area contributed by atoms with Gasteiger partial charge >= 0.3 is 0 Å². The molecular formula is C25H23N7O3. The Kier molecular flexibility index (Phi) is 5.84. The van der Waals surface area contributed by atoms with E-state index in [4.69, 9.17) is 4.74 Å². The third kappa shape index (κ3) is 4.54. The van der Waals surface area contributed by atoms with E-state index < -0.39 is 0 Å². The van der Waals surface area contributed by atoms with Gasteiger partial charge in [-0.15, -0.1) is 0 Å². The molecule has 3 aromatic heterocycles. The number of para-hydroxylation sites is 1. The van der Waals surface area contributed by atoms with Crippen LogP contribution in [0.1, 0.15) is 18.2 Å². The number of hydrogen-bond acceptors (Lipinski definition) is 6. The molecule has 176 valence electrons. The molecule has 10 nitrogen and oxygen atoms in total. The number of aromatic amines is 1. The lowest BCUT2D eigenvalue weighted by Gasteiger charge is -2.09. The number of carbonyl (C=O) groups excluding carboxylic acids is 1. The minimum Gasteiger partial charge on any atom is -0.494 e.